The highest BCUT2D eigenvalue weighted by atomic mass is 35.5. The van der Waals surface area contributed by atoms with Gasteiger partial charge in [0, 0.05) is 30.6 Å². The second-order valence-corrected chi connectivity index (χ2v) is 5.85. The number of hydrogen-bond donors (Lipinski definition) is 2. The summed E-state index contributed by atoms with van der Waals surface area (Å²) in [6, 6.07) is 4.31. The number of halogens is 1. The number of amides is 1. The van der Waals surface area contributed by atoms with Crippen LogP contribution < -0.4 is 10.6 Å². The van der Waals surface area contributed by atoms with Gasteiger partial charge in [-0.3, -0.25) is 14.5 Å². The molecule has 1 amide bonds. The standard InChI is InChI=1S/C16H21N5O.ClH/c1-12-8-14(4-7-18-12)16(22)20-15-9-19-21(11-15)10-13-2-5-17-6-3-13;/h2-3,5-6,9,11-12,14,18H,4,7-8,10H2,1H3,(H,20,22);1H/t12-,14-;/m0./s1. The Morgan fingerprint density at radius 2 is 2.22 bits per heavy atom. The van der Waals surface area contributed by atoms with Crippen molar-refractivity contribution in [3.63, 3.8) is 0 Å². The lowest BCUT2D eigenvalue weighted by Gasteiger charge is -2.26. The molecule has 1 aliphatic rings. The van der Waals surface area contributed by atoms with Gasteiger partial charge >= 0.3 is 0 Å². The van der Waals surface area contributed by atoms with Crippen LogP contribution >= 0.6 is 12.4 Å². The molecule has 0 unspecified atom stereocenters. The number of nitrogens with zero attached hydrogens (tertiary/aromatic N) is 3. The van der Waals surface area contributed by atoms with Gasteiger partial charge in [-0.05, 0) is 44.0 Å². The van der Waals surface area contributed by atoms with Crippen LogP contribution in [0.4, 0.5) is 5.69 Å². The van der Waals surface area contributed by atoms with Gasteiger partial charge in [0.2, 0.25) is 5.91 Å². The second kappa shape index (κ2) is 8.08. The number of hydrogen-bond acceptors (Lipinski definition) is 4. The van der Waals surface area contributed by atoms with Gasteiger partial charge in [0.1, 0.15) is 0 Å². The molecule has 0 bridgehead atoms. The minimum atomic E-state index is 0. The molecule has 124 valence electrons. The van der Waals surface area contributed by atoms with E-state index in [-0.39, 0.29) is 24.2 Å². The topological polar surface area (TPSA) is 71.8 Å². The number of rotatable bonds is 4. The summed E-state index contributed by atoms with van der Waals surface area (Å²) in [6.07, 6.45) is 8.87. The van der Waals surface area contributed by atoms with Crippen molar-refractivity contribution in [1.29, 1.82) is 0 Å². The van der Waals surface area contributed by atoms with Crippen LogP contribution in [-0.2, 0) is 11.3 Å². The molecule has 7 heteroatoms. The first kappa shape index (κ1) is 17.4. The summed E-state index contributed by atoms with van der Waals surface area (Å²) in [6.45, 7) is 3.69. The molecule has 0 aromatic carbocycles. The lowest BCUT2D eigenvalue weighted by atomic mass is 9.92. The van der Waals surface area contributed by atoms with E-state index in [1.54, 1.807) is 18.6 Å². The van der Waals surface area contributed by atoms with Crippen molar-refractivity contribution >= 4 is 24.0 Å². The Hall–Kier alpha value is -1.92. The first-order valence-corrected chi connectivity index (χ1v) is 7.66. The molecule has 2 N–H and O–H groups in total. The normalized spacial score (nSPS) is 20.6. The highest BCUT2D eigenvalue weighted by Gasteiger charge is 2.24. The maximum absolute atomic E-state index is 12.3. The van der Waals surface area contributed by atoms with E-state index < -0.39 is 0 Å². The zero-order valence-electron chi connectivity index (χ0n) is 13.1. The minimum Gasteiger partial charge on any atom is -0.323 e. The van der Waals surface area contributed by atoms with Gasteiger partial charge in [-0.25, -0.2) is 0 Å². The number of pyridine rings is 1. The summed E-state index contributed by atoms with van der Waals surface area (Å²) in [5, 5.41) is 10.6. The highest BCUT2D eigenvalue weighted by Crippen LogP contribution is 2.18. The van der Waals surface area contributed by atoms with E-state index >= 15 is 0 Å². The molecule has 0 aliphatic carbocycles. The molecule has 0 saturated carbocycles. The summed E-state index contributed by atoms with van der Waals surface area (Å²) in [4.78, 5) is 16.3. The number of aromatic nitrogens is 3. The smallest absolute Gasteiger partial charge is 0.227 e. The Kier molecular flexibility index (Phi) is 6.12. The van der Waals surface area contributed by atoms with Crippen molar-refractivity contribution in [2.24, 2.45) is 5.92 Å². The molecular formula is C16H22ClN5O. The summed E-state index contributed by atoms with van der Waals surface area (Å²) in [5.74, 6) is 0.177. The lowest BCUT2D eigenvalue weighted by molar-refractivity contribution is -0.120. The molecule has 23 heavy (non-hydrogen) atoms. The van der Waals surface area contributed by atoms with E-state index in [9.17, 15) is 4.79 Å². The third-order valence-electron chi connectivity index (χ3n) is 3.99. The second-order valence-electron chi connectivity index (χ2n) is 5.85. The van der Waals surface area contributed by atoms with Crippen LogP contribution in [0.2, 0.25) is 0 Å². The number of carbonyl (C=O) groups is 1. The molecule has 6 nitrogen and oxygen atoms in total. The highest BCUT2D eigenvalue weighted by molar-refractivity contribution is 5.92. The van der Waals surface area contributed by atoms with Crippen molar-refractivity contribution < 1.29 is 4.79 Å². The fourth-order valence-corrected chi connectivity index (χ4v) is 2.80. The Morgan fingerprint density at radius 3 is 2.96 bits per heavy atom. The quantitative estimate of drug-likeness (QED) is 0.897. The van der Waals surface area contributed by atoms with Gasteiger partial charge in [0.05, 0.1) is 18.4 Å². The van der Waals surface area contributed by atoms with Crippen LogP contribution in [0.5, 0.6) is 0 Å². The summed E-state index contributed by atoms with van der Waals surface area (Å²) >= 11 is 0. The van der Waals surface area contributed by atoms with Crippen LogP contribution in [0.15, 0.2) is 36.9 Å². The molecule has 2 atom stereocenters. The zero-order valence-corrected chi connectivity index (χ0v) is 13.9. The fourth-order valence-electron chi connectivity index (χ4n) is 2.80. The van der Waals surface area contributed by atoms with Gasteiger partial charge in [-0.1, -0.05) is 0 Å². The maximum Gasteiger partial charge on any atom is 0.227 e. The van der Waals surface area contributed by atoms with Crippen LogP contribution in [-0.4, -0.2) is 33.3 Å². The number of anilines is 1. The average Bonchev–Trinajstić information content (AvgIpc) is 2.95. The first-order valence-electron chi connectivity index (χ1n) is 7.66. The third kappa shape index (κ3) is 4.77. The zero-order chi connectivity index (χ0) is 15.4. The summed E-state index contributed by atoms with van der Waals surface area (Å²) in [5.41, 5.74) is 1.88. The molecule has 1 fully saturated rings. The van der Waals surface area contributed by atoms with Crippen LogP contribution in [0, 0.1) is 5.92 Å². The predicted molar refractivity (Wildman–Crippen MR) is 91.6 cm³/mol. The largest absolute Gasteiger partial charge is 0.323 e. The van der Waals surface area contributed by atoms with E-state index in [1.165, 1.54) is 0 Å². The lowest BCUT2D eigenvalue weighted by Crippen LogP contribution is -2.40. The van der Waals surface area contributed by atoms with E-state index in [2.05, 4.69) is 27.6 Å². The fraction of sp³-hybridized carbons (Fsp3) is 0.438. The van der Waals surface area contributed by atoms with Gasteiger partial charge in [0.15, 0.2) is 0 Å². The van der Waals surface area contributed by atoms with Crippen molar-refractivity contribution in [2.75, 3.05) is 11.9 Å². The van der Waals surface area contributed by atoms with E-state index in [0.717, 1.165) is 30.6 Å². The van der Waals surface area contributed by atoms with Crippen molar-refractivity contribution in [2.45, 2.75) is 32.4 Å². The molecule has 2 aromatic rings. The molecule has 0 spiro atoms. The first-order chi connectivity index (χ1) is 10.7. The summed E-state index contributed by atoms with van der Waals surface area (Å²) in [7, 11) is 0. The molecule has 2 aromatic heterocycles. The van der Waals surface area contributed by atoms with Crippen LogP contribution in [0.1, 0.15) is 25.3 Å². The Morgan fingerprint density at radius 1 is 1.43 bits per heavy atom. The molecule has 0 radical (unpaired) electrons. The predicted octanol–water partition coefficient (Wildman–Crippen LogP) is 2.07. The maximum atomic E-state index is 12.3. The SMILES string of the molecule is C[C@H]1C[C@@H](C(=O)Nc2cnn(Cc3ccncc3)c2)CCN1.Cl. The Labute approximate surface area is 142 Å². The van der Waals surface area contributed by atoms with Gasteiger partial charge < -0.3 is 10.6 Å². The third-order valence-corrected chi connectivity index (χ3v) is 3.99. The molecule has 1 saturated heterocycles. The van der Waals surface area contributed by atoms with E-state index in [4.69, 9.17) is 0 Å². The number of carbonyl (C=O) groups excluding carboxylic acids is 1. The number of nitrogens with one attached hydrogen (secondary N) is 2. The molecular weight excluding hydrogens is 314 g/mol. The Balaban J connectivity index is 0.00000192. The van der Waals surface area contributed by atoms with Crippen LogP contribution in [0.3, 0.4) is 0 Å². The number of piperidine rings is 1. The van der Waals surface area contributed by atoms with E-state index in [1.807, 2.05) is 23.0 Å². The van der Waals surface area contributed by atoms with Crippen molar-refractivity contribution in [3.05, 3.63) is 42.5 Å². The Bertz CT molecular complexity index is 630. The van der Waals surface area contributed by atoms with E-state index in [0.29, 0.717) is 12.6 Å². The van der Waals surface area contributed by atoms with Crippen molar-refractivity contribution in [1.82, 2.24) is 20.1 Å². The monoisotopic (exact) mass is 335 g/mol. The van der Waals surface area contributed by atoms with Gasteiger partial charge in [-0.15, -0.1) is 12.4 Å². The van der Waals surface area contributed by atoms with Crippen molar-refractivity contribution in [3.8, 4) is 0 Å². The molecule has 3 rings (SSSR count). The summed E-state index contributed by atoms with van der Waals surface area (Å²) < 4.78 is 1.82. The van der Waals surface area contributed by atoms with Gasteiger partial charge in [-0.2, -0.15) is 5.10 Å². The van der Waals surface area contributed by atoms with Crippen LogP contribution in [0.25, 0.3) is 0 Å². The average molecular weight is 336 g/mol. The minimum absolute atomic E-state index is 0. The molecule has 1 aliphatic heterocycles. The van der Waals surface area contributed by atoms with Gasteiger partial charge in [0.25, 0.3) is 0 Å². The molecule has 3 heterocycles.